The van der Waals surface area contributed by atoms with Crippen LogP contribution in [0, 0.1) is 17.8 Å². The van der Waals surface area contributed by atoms with Crippen molar-refractivity contribution in [1.29, 1.82) is 0 Å². The molecule has 1 aromatic heterocycles. The molecule has 0 N–H and O–H groups in total. The number of nitrogens with zero attached hydrogens (tertiary/aromatic N) is 1. The highest BCUT2D eigenvalue weighted by Gasteiger charge is 2.09. The third-order valence-corrected chi connectivity index (χ3v) is 1.71. The highest BCUT2D eigenvalue weighted by Crippen LogP contribution is 2.23. The molecule has 1 aromatic carbocycles. The van der Waals surface area contributed by atoms with Crippen molar-refractivity contribution in [3.63, 3.8) is 0 Å². The lowest BCUT2D eigenvalue weighted by atomic mass is 10.3. The lowest BCUT2D eigenvalue weighted by Gasteiger charge is -2.04. The minimum atomic E-state index is -1.02. The van der Waals surface area contributed by atoms with Crippen LogP contribution in [0.3, 0.4) is 0 Å². The second-order valence-corrected chi connectivity index (χ2v) is 2.76. The van der Waals surface area contributed by atoms with Gasteiger partial charge in [-0.15, -0.1) is 0 Å². The van der Waals surface area contributed by atoms with Gasteiger partial charge in [-0.2, -0.15) is 4.39 Å². The van der Waals surface area contributed by atoms with Gasteiger partial charge in [-0.25, -0.2) is 9.37 Å². The standard InChI is InChI=1S/C11H6F2NO/c12-8-4-3-5-9(11(8)13)15-10-6-1-2-7-14-10/h1-6H. The molecule has 0 atom stereocenters. The second kappa shape index (κ2) is 4.04. The summed E-state index contributed by atoms with van der Waals surface area (Å²) in [5.41, 5.74) is 0. The van der Waals surface area contributed by atoms with Gasteiger partial charge in [0.25, 0.3) is 0 Å². The van der Waals surface area contributed by atoms with Crippen LogP contribution < -0.4 is 4.74 Å². The summed E-state index contributed by atoms with van der Waals surface area (Å²) in [7, 11) is 0. The number of pyridine rings is 1. The normalized spacial score (nSPS) is 10.0. The van der Waals surface area contributed by atoms with E-state index in [4.69, 9.17) is 4.74 Å². The molecule has 2 nitrogen and oxygen atoms in total. The predicted molar refractivity (Wildman–Crippen MR) is 49.5 cm³/mol. The lowest BCUT2D eigenvalue weighted by molar-refractivity contribution is 0.405. The first-order valence-corrected chi connectivity index (χ1v) is 4.22. The molecule has 15 heavy (non-hydrogen) atoms. The maximum atomic E-state index is 13.1. The average molecular weight is 206 g/mol. The van der Waals surface area contributed by atoms with Crippen LogP contribution in [0.15, 0.2) is 36.4 Å². The Labute approximate surface area is 85.2 Å². The first-order chi connectivity index (χ1) is 7.27. The highest BCUT2D eigenvalue weighted by molar-refractivity contribution is 5.28. The monoisotopic (exact) mass is 206 g/mol. The molecule has 75 valence electrons. The van der Waals surface area contributed by atoms with Crippen LogP contribution in [-0.2, 0) is 0 Å². The zero-order valence-electron chi connectivity index (χ0n) is 7.58. The zero-order chi connectivity index (χ0) is 10.7. The van der Waals surface area contributed by atoms with Crippen LogP contribution in [0.4, 0.5) is 8.78 Å². The number of benzene rings is 1. The summed E-state index contributed by atoms with van der Waals surface area (Å²) in [6, 6.07) is 8.45. The minimum absolute atomic E-state index is 0.169. The minimum Gasteiger partial charge on any atom is -0.436 e. The summed E-state index contributed by atoms with van der Waals surface area (Å²) in [6.07, 6.45) is 2.52. The van der Waals surface area contributed by atoms with Crippen molar-refractivity contribution < 1.29 is 13.5 Å². The van der Waals surface area contributed by atoms with Crippen LogP contribution in [0.5, 0.6) is 11.6 Å². The summed E-state index contributed by atoms with van der Waals surface area (Å²) in [6.45, 7) is 0. The lowest BCUT2D eigenvalue weighted by Crippen LogP contribution is -1.92. The fourth-order valence-electron chi connectivity index (χ4n) is 1.04. The topological polar surface area (TPSA) is 22.1 Å². The van der Waals surface area contributed by atoms with Gasteiger partial charge >= 0.3 is 0 Å². The molecule has 0 saturated heterocycles. The molecule has 0 aliphatic rings. The van der Waals surface area contributed by atoms with E-state index in [1.165, 1.54) is 18.2 Å². The average Bonchev–Trinajstić information content (AvgIpc) is 2.26. The molecule has 4 heteroatoms. The predicted octanol–water partition coefficient (Wildman–Crippen LogP) is 2.95. The van der Waals surface area contributed by atoms with E-state index in [0.717, 1.165) is 6.07 Å². The summed E-state index contributed by atoms with van der Waals surface area (Å²) >= 11 is 0. The Balaban J connectivity index is 2.29. The number of rotatable bonds is 2. The van der Waals surface area contributed by atoms with Gasteiger partial charge in [0.2, 0.25) is 11.7 Å². The molecule has 0 saturated carbocycles. The number of hydrogen-bond acceptors (Lipinski definition) is 2. The highest BCUT2D eigenvalue weighted by atomic mass is 19.2. The Kier molecular flexibility index (Phi) is 2.58. The van der Waals surface area contributed by atoms with Crippen molar-refractivity contribution in [2.45, 2.75) is 0 Å². The van der Waals surface area contributed by atoms with E-state index in [-0.39, 0.29) is 11.6 Å². The fraction of sp³-hybridized carbons (Fsp3) is 0. The Morgan fingerprint density at radius 2 is 2.00 bits per heavy atom. The van der Waals surface area contributed by atoms with Crippen molar-refractivity contribution in [2.75, 3.05) is 0 Å². The third-order valence-electron chi connectivity index (χ3n) is 1.71. The molecule has 1 radical (unpaired) electrons. The van der Waals surface area contributed by atoms with E-state index in [1.54, 1.807) is 12.1 Å². The van der Waals surface area contributed by atoms with Gasteiger partial charge < -0.3 is 4.74 Å². The van der Waals surface area contributed by atoms with Crippen LogP contribution >= 0.6 is 0 Å². The SMILES string of the molecule is Fc1cccc(Oc2ccc[c]n2)c1F. The van der Waals surface area contributed by atoms with Crippen molar-refractivity contribution in [3.8, 4) is 11.6 Å². The molecule has 0 unspecified atom stereocenters. The smallest absolute Gasteiger partial charge is 0.219 e. The van der Waals surface area contributed by atoms with Crippen LogP contribution in [-0.4, -0.2) is 4.98 Å². The largest absolute Gasteiger partial charge is 0.436 e. The molecule has 2 aromatic rings. The Hall–Kier alpha value is -1.97. The summed E-state index contributed by atoms with van der Waals surface area (Å²) in [5.74, 6) is -2.00. The van der Waals surface area contributed by atoms with E-state index in [0.29, 0.717) is 0 Å². The quantitative estimate of drug-likeness (QED) is 0.753. The van der Waals surface area contributed by atoms with E-state index < -0.39 is 11.6 Å². The van der Waals surface area contributed by atoms with Crippen LogP contribution in [0.2, 0.25) is 0 Å². The Bertz CT molecular complexity index is 459. The van der Waals surface area contributed by atoms with Gasteiger partial charge in [0.05, 0.1) is 6.20 Å². The summed E-state index contributed by atoms with van der Waals surface area (Å²) < 4.78 is 31.0. The second-order valence-electron chi connectivity index (χ2n) is 2.76. The van der Waals surface area contributed by atoms with E-state index in [2.05, 4.69) is 11.2 Å². The zero-order valence-corrected chi connectivity index (χ0v) is 7.58. The van der Waals surface area contributed by atoms with Crippen LogP contribution in [0.25, 0.3) is 0 Å². The van der Waals surface area contributed by atoms with Crippen molar-refractivity contribution in [3.05, 3.63) is 54.2 Å². The summed E-state index contributed by atoms with van der Waals surface area (Å²) in [5, 5.41) is 0. The van der Waals surface area contributed by atoms with Gasteiger partial charge in [-0.3, -0.25) is 0 Å². The molecule has 1 heterocycles. The number of halogens is 2. The first-order valence-electron chi connectivity index (χ1n) is 4.22. The number of aromatic nitrogens is 1. The fourth-order valence-corrected chi connectivity index (χ4v) is 1.04. The van der Waals surface area contributed by atoms with Gasteiger partial charge in [-0.05, 0) is 18.2 Å². The first kappa shape index (κ1) is 9.58. The summed E-state index contributed by atoms with van der Waals surface area (Å²) in [4.78, 5) is 3.71. The molecule has 0 fully saturated rings. The number of hydrogen-bond donors (Lipinski definition) is 0. The molecule has 0 aliphatic heterocycles. The van der Waals surface area contributed by atoms with E-state index in [1.807, 2.05) is 0 Å². The molecule has 0 aliphatic carbocycles. The van der Waals surface area contributed by atoms with Crippen molar-refractivity contribution in [2.24, 2.45) is 0 Å². The van der Waals surface area contributed by atoms with Crippen molar-refractivity contribution in [1.82, 2.24) is 4.98 Å². The van der Waals surface area contributed by atoms with Gasteiger partial charge in [0, 0.05) is 6.07 Å². The van der Waals surface area contributed by atoms with Gasteiger partial charge in [-0.1, -0.05) is 12.1 Å². The molecule has 0 amide bonds. The van der Waals surface area contributed by atoms with Crippen molar-refractivity contribution >= 4 is 0 Å². The van der Waals surface area contributed by atoms with Gasteiger partial charge in [0.15, 0.2) is 11.6 Å². The maximum absolute atomic E-state index is 13.1. The Morgan fingerprint density at radius 1 is 1.13 bits per heavy atom. The molecular weight excluding hydrogens is 200 g/mol. The van der Waals surface area contributed by atoms with Crippen LogP contribution in [0.1, 0.15) is 0 Å². The number of ether oxygens (including phenoxy) is 1. The maximum Gasteiger partial charge on any atom is 0.219 e. The molecule has 0 spiro atoms. The Morgan fingerprint density at radius 3 is 2.73 bits per heavy atom. The molecular formula is C11H6F2NO. The molecule has 2 rings (SSSR count). The van der Waals surface area contributed by atoms with Gasteiger partial charge in [0.1, 0.15) is 0 Å². The van der Waals surface area contributed by atoms with E-state index >= 15 is 0 Å². The molecule has 0 bridgehead atoms. The third kappa shape index (κ3) is 2.10. The van der Waals surface area contributed by atoms with E-state index in [9.17, 15) is 8.78 Å².